The van der Waals surface area contributed by atoms with E-state index in [1.165, 1.54) is 12.8 Å². The second-order valence-corrected chi connectivity index (χ2v) is 7.46. The monoisotopic (exact) mass is 364 g/mol. The van der Waals surface area contributed by atoms with Crippen LogP contribution in [0.1, 0.15) is 31.7 Å². The summed E-state index contributed by atoms with van der Waals surface area (Å²) in [6.45, 7) is 6.16. The highest BCUT2D eigenvalue weighted by Gasteiger charge is 2.31. The molecular weight excluding hydrogens is 340 g/mol. The van der Waals surface area contributed by atoms with Crippen molar-refractivity contribution in [1.29, 1.82) is 0 Å². The van der Waals surface area contributed by atoms with Crippen molar-refractivity contribution in [3.05, 3.63) is 28.8 Å². The van der Waals surface area contributed by atoms with Gasteiger partial charge in [0.05, 0.1) is 0 Å². The van der Waals surface area contributed by atoms with E-state index in [1.54, 1.807) is 24.0 Å². The molecule has 0 radical (unpaired) electrons. The van der Waals surface area contributed by atoms with Crippen molar-refractivity contribution in [1.82, 2.24) is 9.80 Å². The Hall–Kier alpha value is -1.75. The molecule has 0 bridgehead atoms. The van der Waals surface area contributed by atoms with Gasteiger partial charge in [0.2, 0.25) is 5.91 Å². The van der Waals surface area contributed by atoms with Gasteiger partial charge in [-0.05, 0) is 56.4 Å². The van der Waals surface area contributed by atoms with Crippen molar-refractivity contribution in [2.24, 2.45) is 5.92 Å². The molecule has 0 spiro atoms. The normalized spacial score (nSPS) is 19.6. The summed E-state index contributed by atoms with van der Waals surface area (Å²) >= 11 is 5.96. The van der Waals surface area contributed by atoms with Crippen LogP contribution in [0.15, 0.2) is 18.2 Å². The Morgan fingerprint density at radius 3 is 2.76 bits per heavy atom. The predicted molar refractivity (Wildman–Crippen MR) is 96.8 cm³/mol. The molecule has 1 aromatic rings. The Kier molecular flexibility index (Phi) is 5.52. The largest absolute Gasteiger partial charge is 0.481 e. The topological polar surface area (TPSA) is 49.9 Å². The van der Waals surface area contributed by atoms with Crippen LogP contribution in [0.4, 0.5) is 0 Å². The fourth-order valence-corrected chi connectivity index (χ4v) is 3.36. The maximum Gasteiger partial charge on any atom is 0.263 e. The van der Waals surface area contributed by atoms with Crippen LogP contribution in [0.25, 0.3) is 0 Å². The number of hydrogen-bond donors (Lipinski definition) is 0. The summed E-state index contributed by atoms with van der Waals surface area (Å²) in [7, 11) is 0. The summed E-state index contributed by atoms with van der Waals surface area (Å²) in [5.41, 5.74) is 0.897. The van der Waals surface area contributed by atoms with E-state index in [0.29, 0.717) is 42.7 Å². The Balaban J connectivity index is 1.58. The van der Waals surface area contributed by atoms with Gasteiger partial charge < -0.3 is 14.5 Å². The Morgan fingerprint density at radius 2 is 2.08 bits per heavy atom. The first-order chi connectivity index (χ1) is 11.9. The lowest BCUT2D eigenvalue weighted by molar-refractivity contribution is -0.137. The van der Waals surface area contributed by atoms with E-state index in [0.717, 1.165) is 12.1 Å². The van der Waals surface area contributed by atoms with Crippen LogP contribution >= 0.6 is 11.6 Å². The second kappa shape index (κ2) is 7.65. The molecule has 1 aromatic carbocycles. The Bertz CT molecular complexity index is 660. The standard InChI is InChI=1S/C19H25ClN2O3/c1-13-11-16(20)5-6-17(13)25-14(2)19(24)21-8-7-18(23)22(10-9-21)12-15-3-4-15/h5-6,11,14-15H,3-4,7-10,12H2,1-2H3. The first kappa shape index (κ1) is 18.1. The van der Waals surface area contributed by atoms with Gasteiger partial charge in [-0.25, -0.2) is 0 Å². The van der Waals surface area contributed by atoms with Gasteiger partial charge in [-0.1, -0.05) is 11.6 Å². The number of aryl methyl sites for hydroxylation is 1. The van der Waals surface area contributed by atoms with E-state index >= 15 is 0 Å². The van der Waals surface area contributed by atoms with Gasteiger partial charge in [0.15, 0.2) is 6.10 Å². The van der Waals surface area contributed by atoms with E-state index in [-0.39, 0.29) is 11.8 Å². The third kappa shape index (κ3) is 4.66. The van der Waals surface area contributed by atoms with Gasteiger partial charge in [0, 0.05) is 37.6 Å². The number of carbonyl (C=O) groups is 2. The van der Waals surface area contributed by atoms with Gasteiger partial charge >= 0.3 is 0 Å². The minimum Gasteiger partial charge on any atom is -0.481 e. The molecule has 1 saturated carbocycles. The molecule has 1 atom stereocenters. The summed E-state index contributed by atoms with van der Waals surface area (Å²) in [4.78, 5) is 28.6. The SMILES string of the molecule is Cc1cc(Cl)ccc1OC(C)C(=O)N1CCC(=O)N(CC2CC2)CC1. The van der Waals surface area contributed by atoms with Crippen LogP contribution in [-0.4, -0.2) is 53.9 Å². The van der Waals surface area contributed by atoms with E-state index in [4.69, 9.17) is 16.3 Å². The summed E-state index contributed by atoms with van der Waals surface area (Å²) < 4.78 is 5.84. The average Bonchev–Trinajstić information content (AvgIpc) is 3.40. The number of halogens is 1. The number of ether oxygens (including phenoxy) is 1. The third-order valence-corrected chi connectivity index (χ3v) is 5.10. The molecule has 0 N–H and O–H groups in total. The molecular formula is C19H25ClN2O3. The number of hydrogen-bond acceptors (Lipinski definition) is 3. The molecule has 2 aliphatic rings. The highest BCUT2D eigenvalue weighted by Crippen LogP contribution is 2.30. The van der Waals surface area contributed by atoms with Gasteiger partial charge in [0.1, 0.15) is 5.75 Å². The van der Waals surface area contributed by atoms with Gasteiger partial charge in [-0.3, -0.25) is 9.59 Å². The molecule has 2 fully saturated rings. The van der Waals surface area contributed by atoms with Crippen molar-refractivity contribution in [3.63, 3.8) is 0 Å². The molecule has 1 unspecified atom stereocenters. The van der Waals surface area contributed by atoms with Crippen molar-refractivity contribution in [3.8, 4) is 5.75 Å². The van der Waals surface area contributed by atoms with Crippen LogP contribution in [-0.2, 0) is 9.59 Å². The highest BCUT2D eigenvalue weighted by molar-refractivity contribution is 6.30. The third-order valence-electron chi connectivity index (χ3n) is 4.86. The van der Waals surface area contributed by atoms with E-state index in [1.807, 2.05) is 17.9 Å². The molecule has 1 aliphatic carbocycles. The van der Waals surface area contributed by atoms with Crippen molar-refractivity contribution < 1.29 is 14.3 Å². The summed E-state index contributed by atoms with van der Waals surface area (Å²) in [5, 5.41) is 0.644. The van der Waals surface area contributed by atoms with E-state index in [9.17, 15) is 9.59 Å². The summed E-state index contributed by atoms with van der Waals surface area (Å²) in [5.74, 6) is 1.41. The summed E-state index contributed by atoms with van der Waals surface area (Å²) in [6.07, 6.45) is 2.24. The first-order valence-corrected chi connectivity index (χ1v) is 9.31. The van der Waals surface area contributed by atoms with Crippen LogP contribution < -0.4 is 4.74 Å². The summed E-state index contributed by atoms with van der Waals surface area (Å²) in [6, 6.07) is 5.35. The molecule has 3 rings (SSSR count). The number of amides is 2. The zero-order valence-corrected chi connectivity index (χ0v) is 15.6. The van der Waals surface area contributed by atoms with Crippen molar-refractivity contribution >= 4 is 23.4 Å². The number of benzene rings is 1. The Morgan fingerprint density at radius 1 is 1.32 bits per heavy atom. The van der Waals surface area contributed by atoms with Gasteiger partial charge in [-0.15, -0.1) is 0 Å². The maximum atomic E-state index is 12.7. The molecule has 1 aliphatic heterocycles. The van der Waals surface area contributed by atoms with Gasteiger partial charge in [-0.2, -0.15) is 0 Å². The highest BCUT2D eigenvalue weighted by atomic mass is 35.5. The minimum atomic E-state index is -0.593. The molecule has 1 heterocycles. The first-order valence-electron chi connectivity index (χ1n) is 8.93. The molecule has 25 heavy (non-hydrogen) atoms. The van der Waals surface area contributed by atoms with Crippen LogP contribution in [0, 0.1) is 12.8 Å². The van der Waals surface area contributed by atoms with E-state index in [2.05, 4.69) is 0 Å². The molecule has 0 aromatic heterocycles. The number of nitrogens with zero attached hydrogens (tertiary/aromatic N) is 2. The fraction of sp³-hybridized carbons (Fsp3) is 0.579. The van der Waals surface area contributed by atoms with Crippen molar-refractivity contribution in [2.45, 2.75) is 39.2 Å². The smallest absolute Gasteiger partial charge is 0.263 e. The molecule has 2 amide bonds. The number of carbonyl (C=O) groups excluding carboxylic acids is 2. The van der Waals surface area contributed by atoms with Crippen LogP contribution in [0.2, 0.25) is 5.02 Å². The molecule has 136 valence electrons. The van der Waals surface area contributed by atoms with Gasteiger partial charge in [0.25, 0.3) is 5.91 Å². The Labute approximate surface area is 153 Å². The lowest BCUT2D eigenvalue weighted by Gasteiger charge is -2.25. The second-order valence-electron chi connectivity index (χ2n) is 7.03. The predicted octanol–water partition coefficient (Wildman–Crippen LogP) is 2.89. The average molecular weight is 365 g/mol. The van der Waals surface area contributed by atoms with Crippen LogP contribution in [0.5, 0.6) is 5.75 Å². The molecule has 1 saturated heterocycles. The van der Waals surface area contributed by atoms with Crippen molar-refractivity contribution in [2.75, 3.05) is 26.2 Å². The lowest BCUT2D eigenvalue weighted by atomic mass is 10.2. The number of rotatable bonds is 5. The molecule has 5 nitrogen and oxygen atoms in total. The molecule has 6 heteroatoms. The van der Waals surface area contributed by atoms with E-state index < -0.39 is 6.10 Å². The lowest BCUT2D eigenvalue weighted by Crippen LogP contribution is -2.42. The fourth-order valence-electron chi connectivity index (χ4n) is 3.14. The van der Waals surface area contributed by atoms with Crippen LogP contribution in [0.3, 0.4) is 0 Å². The zero-order valence-electron chi connectivity index (χ0n) is 14.8. The quantitative estimate of drug-likeness (QED) is 0.807. The maximum absolute atomic E-state index is 12.7. The zero-order chi connectivity index (χ0) is 18.0. The minimum absolute atomic E-state index is 0.0737.